The van der Waals surface area contributed by atoms with E-state index in [1.54, 1.807) is 12.1 Å². The van der Waals surface area contributed by atoms with E-state index >= 15 is 0 Å². The maximum Gasteiger partial charge on any atom is 0.312 e. The normalized spacial score (nSPS) is 23.2. The first kappa shape index (κ1) is 25.5. The lowest BCUT2D eigenvalue weighted by molar-refractivity contribution is -0.150. The number of piperazine rings is 1. The molecule has 3 aliphatic rings. The van der Waals surface area contributed by atoms with Crippen molar-refractivity contribution in [3.63, 3.8) is 0 Å². The number of sulfonamides is 1. The zero-order valence-corrected chi connectivity index (χ0v) is 22.3. The second-order valence-electron chi connectivity index (χ2n) is 10.3. The second-order valence-corrected chi connectivity index (χ2v) is 12.7. The van der Waals surface area contributed by atoms with E-state index in [2.05, 4.69) is 41.0 Å². The van der Waals surface area contributed by atoms with Crippen molar-refractivity contribution in [2.75, 3.05) is 50.7 Å². The summed E-state index contributed by atoms with van der Waals surface area (Å²) in [6.07, 6.45) is 2.43. The summed E-state index contributed by atoms with van der Waals surface area (Å²) < 4.78 is 33.3. The average molecular weight is 532 g/mol. The van der Waals surface area contributed by atoms with Crippen LogP contribution in [-0.4, -0.2) is 75.5 Å². The van der Waals surface area contributed by atoms with Crippen molar-refractivity contribution in [1.82, 2.24) is 9.21 Å². The van der Waals surface area contributed by atoms with Crippen molar-refractivity contribution in [3.05, 3.63) is 59.1 Å². The molecule has 3 aliphatic heterocycles. The minimum absolute atomic E-state index is 0.0907. The van der Waals surface area contributed by atoms with Crippen molar-refractivity contribution in [2.24, 2.45) is 5.41 Å². The third-order valence-electron chi connectivity index (χ3n) is 7.99. The molecule has 3 fully saturated rings. The molecule has 0 bridgehead atoms. The molecule has 0 N–H and O–H groups in total. The maximum absolute atomic E-state index is 13.0. The molecule has 3 saturated heterocycles. The number of aryl methyl sites for hydroxylation is 1. The van der Waals surface area contributed by atoms with Gasteiger partial charge in [0.1, 0.15) is 6.10 Å². The number of benzene rings is 2. The highest BCUT2D eigenvalue weighted by molar-refractivity contribution is 7.89. The second kappa shape index (κ2) is 10.3. The molecule has 0 saturated carbocycles. The van der Waals surface area contributed by atoms with Gasteiger partial charge >= 0.3 is 5.97 Å². The number of nitrogens with zero attached hydrogens (tertiary/aromatic N) is 3. The van der Waals surface area contributed by atoms with Crippen LogP contribution in [0.25, 0.3) is 0 Å². The van der Waals surface area contributed by atoms with Gasteiger partial charge in [0.05, 0.1) is 10.3 Å². The maximum atomic E-state index is 13.0. The molecule has 36 heavy (non-hydrogen) atoms. The highest BCUT2D eigenvalue weighted by Gasteiger charge is 2.51. The fourth-order valence-corrected chi connectivity index (χ4v) is 7.20. The van der Waals surface area contributed by atoms with Crippen molar-refractivity contribution < 1.29 is 17.9 Å². The quantitative estimate of drug-likeness (QED) is 0.526. The van der Waals surface area contributed by atoms with Gasteiger partial charge in [-0.3, -0.25) is 9.69 Å². The highest BCUT2D eigenvalue weighted by Crippen LogP contribution is 2.44. The summed E-state index contributed by atoms with van der Waals surface area (Å²) in [5.41, 5.74) is 1.99. The first-order chi connectivity index (χ1) is 17.2. The summed E-state index contributed by atoms with van der Waals surface area (Å²) in [6.45, 7) is 7.65. The molecular weight excluding hydrogens is 498 g/mol. The Balaban J connectivity index is 1.10. The molecule has 0 aromatic heterocycles. The first-order valence-electron chi connectivity index (χ1n) is 12.8. The van der Waals surface area contributed by atoms with Crippen molar-refractivity contribution in [1.29, 1.82) is 0 Å². The first-order valence-corrected chi connectivity index (χ1v) is 14.6. The monoisotopic (exact) mass is 531 g/mol. The average Bonchev–Trinajstić information content (AvgIpc) is 3.18. The summed E-state index contributed by atoms with van der Waals surface area (Å²) >= 11 is 5.91. The molecular formula is C27H34ClN3O4S. The number of cyclic esters (lactones) is 1. The Hall–Kier alpha value is -2.13. The molecule has 1 unspecified atom stereocenters. The fourth-order valence-electron chi connectivity index (χ4n) is 5.63. The SMILES string of the molecule is Cc1ccc(N2CCN(CCC3CC4(CCN(S(=O)(=O)c5ccc(Cl)cc5)CC4)C(=O)O3)CC2)cc1. The number of piperidine rings is 1. The number of carbonyl (C=O) groups is 1. The molecule has 2 aromatic rings. The number of carbonyl (C=O) groups excluding carboxylic acids is 1. The van der Waals surface area contributed by atoms with Crippen LogP contribution in [0.5, 0.6) is 0 Å². The number of halogens is 1. The van der Waals surface area contributed by atoms with E-state index in [-0.39, 0.29) is 17.0 Å². The molecule has 9 heteroatoms. The Morgan fingerprint density at radius 1 is 0.944 bits per heavy atom. The number of hydrogen-bond donors (Lipinski definition) is 0. The standard InChI is InChI=1S/C27H34ClN3O4S/c1-21-2-6-23(7-3-21)30-18-16-29(17-19-30)13-10-24-20-27(26(32)35-24)11-14-31(15-12-27)36(33,34)25-8-4-22(28)5-9-25/h2-9,24H,10-20H2,1H3. The van der Waals surface area contributed by atoms with Gasteiger partial charge in [-0.2, -0.15) is 4.31 Å². The largest absolute Gasteiger partial charge is 0.462 e. The minimum Gasteiger partial charge on any atom is -0.462 e. The van der Waals surface area contributed by atoms with Gasteiger partial charge in [-0.25, -0.2) is 8.42 Å². The third-order valence-corrected chi connectivity index (χ3v) is 10.2. The van der Waals surface area contributed by atoms with E-state index in [1.807, 2.05) is 0 Å². The molecule has 2 aromatic carbocycles. The van der Waals surface area contributed by atoms with Gasteiger partial charge in [0.25, 0.3) is 0 Å². The van der Waals surface area contributed by atoms with Crippen LogP contribution in [0.15, 0.2) is 53.4 Å². The number of rotatable bonds is 6. The van der Waals surface area contributed by atoms with Crippen LogP contribution in [0.3, 0.4) is 0 Å². The Bertz CT molecular complexity index is 1170. The van der Waals surface area contributed by atoms with Crippen LogP contribution in [0.2, 0.25) is 5.02 Å². The fraction of sp³-hybridized carbons (Fsp3) is 0.519. The Morgan fingerprint density at radius 3 is 2.22 bits per heavy atom. The number of hydrogen-bond acceptors (Lipinski definition) is 6. The molecule has 0 radical (unpaired) electrons. The van der Waals surface area contributed by atoms with Gasteiger partial charge in [0.15, 0.2) is 0 Å². The van der Waals surface area contributed by atoms with E-state index in [0.29, 0.717) is 37.4 Å². The molecule has 1 spiro atoms. The van der Waals surface area contributed by atoms with E-state index in [1.165, 1.54) is 27.7 Å². The van der Waals surface area contributed by atoms with Gasteiger partial charge in [-0.1, -0.05) is 29.3 Å². The predicted molar refractivity (Wildman–Crippen MR) is 141 cm³/mol. The summed E-state index contributed by atoms with van der Waals surface area (Å²) in [5, 5.41) is 0.499. The van der Waals surface area contributed by atoms with Crippen molar-refractivity contribution in [2.45, 2.75) is 43.6 Å². The summed E-state index contributed by atoms with van der Waals surface area (Å²) in [4.78, 5) is 18.0. The van der Waals surface area contributed by atoms with Gasteiger partial charge in [0.2, 0.25) is 10.0 Å². The van der Waals surface area contributed by atoms with Gasteiger partial charge < -0.3 is 9.64 Å². The summed E-state index contributed by atoms with van der Waals surface area (Å²) in [5.74, 6) is -0.153. The molecule has 7 nitrogen and oxygen atoms in total. The molecule has 3 heterocycles. The molecule has 0 amide bonds. The van der Waals surface area contributed by atoms with Crippen LogP contribution in [0.1, 0.15) is 31.2 Å². The van der Waals surface area contributed by atoms with E-state index in [0.717, 1.165) is 39.1 Å². The van der Waals surface area contributed by atoms with Crippen molar-refractivity contribution >= 4 is 33.3 Å². The van der Waals surface area contributed by atoms with Crippen LogP contribution >= 0.6 is 11.6 Å². The lowest BCUT2D eigenvalue weighted by Crippen LogP contribution is -2.47. The third kappa shape index (κ3) is 5.28. The molecule has 0 aliphatic carbocycles. The van der Waals surface area contributed by atoms with Gasteiger partial charge in [-0.15, -0.1) is 0 Å². The van der Waals surface area contributed by atoms with E-state index in [9.17, 15) is 13.2 Å². The predicted octanol–water partition coefficient (Wildman–Crippen LogP) is 3.95. The van der Waals surface area contributed by atoms with Crippen LogP contribution in [-0.2, 0) is 19.6 Å². The Kier molecular flexibility index (Phi) is 7.32. The number of ether oxygens (including phenoxy) is 1. The molecule has 194 valence electrons. The van der Waals surface area contributed by atoms with Crippen LogP contribution in [0.4, 0.5) is 5.69 Å². The van der Waals surface area contributed by atoms with Crippen molar-refractivity contribution in [3.8, 4) is 0 Å². The summed E-state index contributed by atoms with van der Waals surface area (Å²) in [6, 6.07) is 14.9. The summed E-state index contributed by atoms with van der Waals surface area (Å²) in [7, 11) is -3.60. The Morgan fingerprint density at radius 2 is 1.58 bits per heavy atom. The molecule has 1 atom stereocenters. The van der Waals surface area contributed by atoms with E-state index in [4.69, 9.17) is 16.3 Å². The number of esters is 1. The highest BCUT2D eigenvalue weighted by atomic mass is 35.5. The zero-order valence-electron chi connectivity index (χ0n) is 20.7. The van der Waals surface area contributed by atoms with E-state index < -0.39 is 15.4 Å². The minimum atomic E-state index is -3.60. The lowest BCUT2D eigenvalue weighted by Gasteiger charge is -2.36. The zero-order chi connectivity index (χ0) is 25.3. The number of anilines is 1. The van der Waals surface area contributed by atoms with Crippen LogP contribution in [0, 0.1) is 12.3 Å². The Labute approximate surface area is 219 Å². The van der Waals surface area contributed by atoms with Crippen LogP contribution < -0.4 is 4.90 Å². The van der Waals surface area contributed by atoms with Gasteiger partial charge in [0, 0.05) is 62.9 Å². The van der Waals surface area contributed by atoms with Gasteiger partial charge in [-0.05, 0) is 62.6 Å². The topological polar surface area (TPSA) is 70.2 Å². The molecule has 5 rings (SSSR count). The smallest absolute Gasteiger partial charge is 0.312 e. The lowest BCUT2D eigenvalue weighted by atomic mass is 9.76.